The van der Waals surface area contributed by atoms with Gasteiger partial charge in [-0.15, -0.1) is 0 Å². The highest BCUT2D eigenvalue weighted by molar-refractivity contribution is 5.28. The van der Waals surface area contributed by atoms with E-state index >= 15 is 0 Å². The van der Waals surface area contributed by atoms with Gasteiger partial charge < -0.3 is 5.32 Å². The average molecular weight is 189 g/mol. The van der Waals surface area contributed by atoms with Crippen molar-refractivity contribution in [3.63, 3.8) is 0 Å². The van der Waals surface area contributed by atoms with Crippen molar-refractivity contribution < 1.29 is 0 Å². The molecule has 0 saturated carbocycles. The SMILES string of the molecule is CCNC1CCc2ccccc2CC1. The molecule has 1 aliphatic carbocycles. The lowest BCUT2D eigenvalue weighted by Crippen LogP contribution is -2.28. The number of nitrogens with one attached hydrogen (secondary N) is 1. The smallest absolute Gasteiger partial charge is 0.00732 e. The molecule has 1 N–H and O–H groups in total. The van der Waals surface area contributed by atoms with Crippen molar-refractivity contribution in [1.82, 2.24) is 5.32 Å². The Hall–Kier alpha value is -0.820. The Balaban J connectivity index is 2.06. The van der Waals surface area contributed by atoms with Crippen LogP contribution in [-0.4, -0.2) is 12.6 Å². The number of benzene rings is 1. The van der Waals surface area contributed by atoms with E-state index in [0.29, 0.717) is 0 Å². The number of hydrogen-bond donors (Lipinski definition) is 1. The van der Waals surface area contributed by atoms with Crippen LogP contribution in [0.4, 0.5) is 0 Å². The molecule has 0 aliphatic heterocycles. The molecule has 0 fully saturated rings. The van der Waals surface area contributed by atoms with Gasteiger partial charge in [-0.05, 0) is 43.4 Å². The highest BCUT2D eigenvalue weighted by atomic mass is 14.9. The first-order valence-corrected chi connectivity index (χ1v) is 5.70. The third-order valence-corrected chi connectivity index (χ3v) is 3.14. The zero-order valence-electron chi connectivity index (χ0n) is 8.92. The Kier molecular flexibility index (Phi) is 3.20. The molecule has 1 aromatic rings. The van der Waals surface area contributed by atoms with E-state index in [-0.39, 0.29) is 0 Å². The molecule has 1 aromatic carbocycles. The van der Waals surface area contributed by atoms with Crippen LogP contribution in [0.2, 0.25) is 0 Å². The molecule has 1 aliphatic rings. The van der Waals surface area contributed by atoms with Gasteiger partial charge in [0.1, 0.15) is 0 Å². The zero-order chi connectivity index (χ0) is 9.80. The third-order valence-electron chi connectivity index (χ3n) is 3.14. The molecular weight excluding hydrogens is 170 g/mol. The zero-order valence-corrected chi connectivity index (χ0v) is 8.92. The molecule has 0 heterocycles. The predicted octanol–water partition coefficient (Wildman–Crippen LogP) is 2.54. The molecule has 0 saturated heterocycles. The number of hydrogen-bond acceptors (Lipinski definition) is 1. The Bertz CT molecular complexity index is 266. The Morgan fingerprint density at radius 1 is 1.14 bits per heavy atom. The summed E-state index contributed by atoms with van der Waals surface area (Å²) in [5.41, 5.74) is 3.13. The van der Waals surface area contributed by atoms with Crippen LogP contribution >= 0.6 is 0 Å². The van der Waals surface area contributed by atoms with Gasteiger partial charge in [0.15, 0.2) is 0 Å². The van der Waals surface area contributed by atoms with Crippen LogP contribution in [0.25, 0.3) is 0 Å². The van der Waals surface area contributed by atoms with E-state index in [0.717, 1.165) is 12.6 Å². The molecule has 0 spiro atoms. The van der Waals surface area contributed by atoms with Crippen LogP contribution in [0.1, 0.15) is 30.9 Å². The molecule has 0 aromatic heterocycles. The number of aryl methyl sites for hydroxylation is 2. The van der Waals surface area contributed by atoms with Gasteiger partial charge in [-0.25, -0.2) is 0 Å². The second kappa shape index (κ2) is 4.61. The van der Waals surface area contributed by atoms with Gasteiger partial charge in [-0.1, -0.05) is 31.2 Å². The maximum Gasteiger partial charge on any atom is 0.00732 e. The maximum atomic E-state index is 3.56. The summed E-state index contributed by atoms with van der Waals surface area (Å²) in [6.07, 6.45) is 5.08. The molecule has 0 amide bonds. The van der Waals surface area contributed by atoms with Crippen LogP contribution in [0.5, 0.6) is 0 Å². The fourth-order valence-electron chi connectivity index (χ4n) is 2.34. The fourth-order valence-corrected chi connectivity index (χ4v) is 2.34. The van der Waals surface area contributed by atoms with Crippen LogP contribution in [0, 0.1) is 0 Å². The van der Waals surface area contributed by atoms with Crippen molar-refractivity contribution >= 4 is 0 Å². The van der Waals surface area contributed by atoms with Gasteiger partial charge in [0.05, 0.1) is 0 Å². The van der Waals surface area contributed by atoms with Crippen molar-refractivity contribution in [3.8, 4) is 0 Å². The number of rotatable bonds is 2. The van der Waals surface area contributed by atoms with Crippen molar-refractivity contribution in [2.75, 3.05) is 6.54 Å². The fraction of sp³-hybridized carbons (Fsp3) is 0.538. The van der Waals surface area contributed by atoms with Gasteiger partial charge in [0, 0.05) is 6.04 Å². The summed E-state index contributed by atoms with van der Waals surface area (Å²) in [5, 5.41) is 3.56. The van der Waals surface area contributed by atoms with Crippen LogP contribution in [-0.2, 0) is 12.8 Å². The summed E-state index contributed by atoms with van der Waals surface area (Å²) >= 11 is 0. The van der Waals surface area contributed by atoms with E-state index in [1.807, 2.05) is 0 Å². The third kappa shape index (κ3) is 2.16. The van der Waals surface area contributed by atoms with Crippen LogP contribution in [0.3, 0.4) is 0 Å². The van der Waals surface area contributed by atoms with Crippen molar-refractivity contribution in [2.45, 2.75) is 38.6 Å². The molecule has 14 heavy (non-hydrogen) atoms. The molecule has 1 nitrogen and oxygen atoms in total. The summed E-state index contributed by atoms with van der Waals surface area (Å²) in [6.45, 7) is 3.29. The molecular formula is C13H19N. The molecule has 2 rings (SSSR count). The first kappa shape index (κ1) is 9.72. The number of fused-ring (bicyclic) bond motifs is 1. The first-order valence-electron chi connectivity index (χ1n) is 5.70. The van der Waals surface area contributed by atoms with Gasteiger partial charge >= 0.3 is 0 Å². The van der Waals surface area contributed by atoms with Crippen molar-refractivity contribution in [1.29, 1.82) is 0 Å². The van der Waals surface area contributed by atoms with Crippen molar-refractivity contribution in [3.05, 3.63) is 35.4 Å². The lowest BCUT2D eigenvalue weighted by atomic mass is 10.0. The quantitative estimate of drug-likeness (QED) is 0.705. The van der Waals surface area contributed by atoms with E-state index < -0.39 is 0 Å². The summed E-state index contributed by atoms with van der Waals surface area (Å²) in [7, 11) is 0. The average Bonchev–Trinajstić information content (AvgIpc) is 2.42. The highest BCUT2D eigenvalue weighted by Gasteiger charge is 2.14. The molecule has 76 valence electrons. The van der Waals surface area contributed by atoms with Crippen molar-refractivity contribution in [2.24, 2.45) is 0 Å². The van der Waals surface area contributed by atoms with Gasteiger partial charge in [-0.3, -0.25) is 0 Å². The lowest BCUT2D eigenvalue weighted by Gasteiger charge is -2.13. The summed E-state index contributed by atoms with van der Waals surface area (Å²) in [6, 6.07) is 9.61. The lowest BCUT2D eigenvalue weighted by molar-refractivity contribution is 0.476. The summed E-state index contributed by atoms with van der Waals surface area (Å²) in [4.78, 5) is 0. The molecule has 0 bridgehead atoms. The standard InChI is InChI=1S/C13H19N/c1-2-14-13-9-7-11-5-3-4-6-12(11)8-10-13/h3-6,13-14H,2,7-10H2,1H3. The monoisotopic (exact) mass is 189 g/mol. The predicted molar refractivity (Wildman–Crippen MR) is 60.5 cm³/mol. The maximum absolute atomic E-state index is 3.56. The van der Waals surface area contributed by atoms with E-state index in [1.165, 1.54) is 25.7 Å². The van der Waals surface area contributed by atoms with Gasteiger partial charge in [0.25, 0.3) is 0 Å². The van der Waals surface area contributed by atoms with E-state index in [2.05, 4.69) is 36.5 Å². The van der Waals surface area contributed by atoms with E-state index in [4.69, 9.17) is 0 Å². The first-order chi connectivity index (χ1) is 6.90. The van der Waals surface area contributed by atoms with Crippen LogP contribution < -0.4 is 5.32 Å². The minimum atomic E-state index is 0.729. The minimum Gasteiger partial charge on any atom is -0.314 e. The normalized spacial score (nSPS) is 17.5. The Labute approximate surface area is 86.5 Å². The molecule has 0 radical (unpaired) electrons. The summed E-state index contributed by atoms with van der Waals surface area (Å²) < 4.78 is 0. The Morgan fingerprint density at radius 3 is 2.21 bits per heavy atom. The molecule has 1 heteroatoms. The minimum absolute atomic E-state index is 0.729. The second-order valence-corrected chi connectivity index (χ2v) is 4.10. The van der Waals surface area contributed by atoms with Gasteiger partial charge in [0.2, 0.25) is 0 Å². The van der Waals surface area contributed by atoms with E-state index in [9.17, 15) is 0 Å². The molecule has 0 atom stereocenters. The van der Waals surface area contributed by atoms with E-state index in [1.54, 1.807) is 11.1 Å². The topological polar surface area (TPSA) is 12.0 Å². The largest absolute Gasteiger partial charge is 0.314 e. The van der Waals surface area contributed by atoms with Crippen LogP contribution in [0.15, 0.2) is 24.3 Å². The Morgan fingerprint density at radius 2 is 1.71 bits per heavy atom. The van der Waals surface area contributed by atoms with Gasteiger partial charge in [-0.2, -0.15) is 0 Å². The summed E-state index contributed by atoms with van der Waals surface area (Å²) in [5.74, 6) is 0. The molecule has 0 unspecified atom stereocenters. The second-order valence-electron chi connectivity index (χ2n) is 4.10. The highest BCUT2D eigenvalue weighted by Crippen LogP contribution is 2.20.